The number of carboxylic acid groups (broad SMARTS) is 1. The first-order valence-corrected chi connectivity index (χ1v) is 17.4. The first kappa shape index (κ1) is 44.9. The van der Waals surface area contributed by atoms with E-state index in [-0.39, 0.29) is 12.8 Å². The Hall–Kier alpha value is -4.24. The maximum absolute atomic E-state index is 13.4. The van der Waals surface area contributed by atoms with Crippen LogP contribution in [0.25, 0.3) is 0 Å². The summed E-state index contributed by atoms with van der Waals surface area (Å²) in [5.74, 6) is -9.18. The molecule has 14 N–H and O–H groups in total. The average Bonchev–Trinajstić information content (AvgIpc) is 3.09. The molecule has 2 rings (SSSR count). The number of unbranched alkanes of at least 4 members (excludes halogenated alkanes) is 2. The summed E-state index contributed by atoms with van der Waals surface area (Å²) in [7, 11) is 0. The number of carboxylic acids is 1. The Morgan fingerprint density at radius 1 is 0.887 bits per heavy atom. The normalized spacial score (nSPS) is 22.8. The lowest BCUT2D eigenvalue weighted by molar-refractivity contribution is -0.318. The molecule has 5 amide bonds. The van der Waals surface area contributed by atoms with Gasteiger partial charge in [0.15, 0.2) is 6.10 Å². The van der Waals surface area contributed by atoms with E-state index < -0.39 is 109 Å². The summed E-state index contributed by atoms with van der Waals surface area (Å²) in [6.07, 6.45) is -5.12. The molecular weight excluding hydrogens is 700 g/mol. The van der Waals surface area contributed by atoms with Gasteiger partial charge in [0.05, 0.1) is 19.6 Å². The van der Waals surface area contributed by atoms with Gasteiger partial charge in [-0.2, -0.15) is 0 Å². The first-order valence-electron chi connectivity index (χ1n) is 17.4. The highest BCUT2D eigenvalue weighted by molar-refractivity contribution is 5.98. The van der Waals surface area contributed by atoms with E-state index in [1.54, 1.807) is 30.3 Å². The summed E-state index contributed by atoms with van der Waals surface area (Å²) in [5, 5.41) is 70.6. The highest BCUT2D eigenvalue weighted by atomic mass is 16.6. The number of hydrogen-bond acceptors (Lipinski definition) is 13. The molecule has 0 radical (unpaired) electrons. The molecule has 1 aromatic rings. The number of amides is 5. The van der Waals surface area contributed by atoms with Gasteiger partial charge < -0.3 is 68.1 Å². The number of benzene rings is 1. The number of ether oxygens (including phenoxy) is 1. The molecule has 53 heavy (non-hydrogen) atoms. The van der Waals surface area contributed by atoms with Crippen molar-refractivity contribution in [1.82, 2.24) is 21.3 Å². The monoisotopic (exact) mass is 754 g/mol. The van der Waals surface area contributed by atoms with Gasteiger partial charge in [-0.15, -0.1) is 0 Å². The second kappa shape index (κ2) is 21.5. The molecule has 9 unspecified atom stereocenters. The zero-order chi connectivity index (χ0) is 39.9. The lowest BCUT2D eigenvalue weighted by Crippen LogP contribution is -2.65. The number of primary amides is 2. The summed E-state index contributed by atoms with van der Waals surface area (Å²) in [6, 6.07) is 2.02. The van der Waals surface area contributed by atoms with Crippen molar-refractivity contribution < 1.29 is 64.1 Å². The molecule has 1 heterocycles. The molecule has 19 heteroatoms. The van der Waals surface area contributed by atoms with Crippen molar-refractivity contribution in [2.24, 2.45) is 17.4 Å². The quantitative estimate of drug-likeness (QED) is 0.0478. The van der Waals surface area contributed by atoms with E-state index >= 15 is 0 Å². The summed E-state index contributed by atoms with van der Waals surface area (Å²) >= 11 is 0. The third-order valence-corrected chi connectivity index (χ3v) is 8.74. The molecule has 0 aliphatic carbocycles. The first-order chi connectivity index (χ1) is 24.8. The Kier molecular flexibility index (Phi) is 18.2. The predicted molar refractivity (Wildman–Crippen MR) is 186 cm³/mol. The lowest BCUT2D eigenvalue weighted by atomic mass is 9.95. The van der Waals surface area contributed by atoms with Gasteiger partial charge in [0.25, 0.3) is 0 Å². The van der Waals surface area contributed by atoms with Gasteiger partial charge in [0.2, 0.25) is 35.3 Å². The van der Waals surface area contributed by atoms with Crippen molar-refractivity contribution in [2.75, 3.05) is 13.2 Å². The number of rotatable bonds is 23. The van der Waals surface area contributed by atoms with Crippen molar-refractivity contribution in [3.63, 3.8) is 0 Å². The molecule has 1 fully saturated rings. The molecule has 1 saturated heterocycles. The van der Waals surface area contributed by atoms with Gasteiger partial charge in [-0.1, -0.05) is 69.9 Å². The minimum atomic E-state index is -2.36. The third-order valence-electron chi connectivity index (χ3n) is 8.74. The highest BCUT2D eigenvalue weighted by Crippen LogP contribution is 2.24. The van der Waals surface area contributed by atoms with Crippen molar-refractivity contribution in [3.8, 4) is 0 Å². The number of nitrogens with two attached hydrogens (primary N) is 2. The molecule has 298 valence electrons. The molecule has 0 spiro atoms. The zero-order valence-electron chi connectivity index (χ0n) is 29.8. The molecule has 1 aliphatic rings. The van der Waals surface area contributed by atoms with E-state index in [1.807, 2.05) is 0 Å². The van der Waals surface area contributed by atoms with Crippen LogP contribution in [0.2, 0.25) is 0 Å². The Morgan fingerprint density at radius 2 is 1.53 bits per heavy atom. The highest BCUT2D eigenvalue weighted by Gasteiger charge is 2.48. The number of aliphatic carboxylic acids is 1. The topological polar surface area (TPSA) is 333 Å². The Bertz CT molecular complexity index is 1390. The van der Waals surface area contributed by atoms with Crippen LogP contribution in [-0.4, -0.2) is 134 Å². The van der Waals surface area contributed by atoms with E-state index in [2.05, 4.69) is 35.1 Å². The molecule has 1 aliphatic heterocycles. The average molecular weight is 755 g/mol. The molecule has 19 nitrogen and oxygen atoms in total. The van der Waals surface area contributed by atoms with E-state index in [0.717, 1.165) is 19.3 Å². The van der Waals surface area contributed by atoms with Gasteiger partial charge in [0, 0.05) is 18.9 Å². The number of carbonyl (C=O) groups is 6. The maximum Gasteiger partial charge on any atom is 0.326 e. The number of aliphatic hydroxyl groups is 5. The van der Waals surface area contributed by atoms with Gasteiger partial charge in [-0.3, -0.25) is 24.0 Å². The number of hydrogen-bond donors (Lipinski definition) is 12. The fourth-order valence-electron chi connectivity index (χ4n) is 5.64. The van der Waals surface area contributed by atoms with E-state index in [9.17, 15) is 59.4 Å². The van der Waals surface area contributed by atoms with Crippen LogP contribution in [0.1, 0.15) is 64.4 Å². The Labute approximate surface area is 306 Å². The smallest absolute Gasteiger partial charge is 0.326 e. The lowest BCUT2D eigenvalue weighted by Gasteiger charge is -2.42. The van der Waals surface area contributed by atoms with Crippen molar-refractivity contribution >= 4 is 35.5 Å². The van der Waals surface area contributed by atoms with E-state index in [0.29, 0.717) is 24.3 Å². The van der Waals surface area contributed by atoms with Crippen LogP contribution >= 0.6 is 0 Å². The predicted octanol–water partition coefficient (Wildman–Crippen LogP) is -3.75. The summed E-state index contributed by atoms with van der Waals surface area (Å²) < 4.78 is 5.19. The number of carbonyl (C=O) groups excluding carboxylic acids is 5. The fraction of sp³-hybridized carbons (Fsp3) is 0.647. The Morgan fingerprint density at radius 3 is 2.11 bits per heavy atom. The van der Waals surface area contributed by atoms with Crippen LogP contribution in [0.4, 0.5) is 0 Å². The molecule has 1 aromatic carbocycles. The van der Waals surface area contributed by atoms with Crippen molar-refractivity contribution in [3.05, 3.63) is 35.9 Å². The van der Waals surface area contributed by atoms with Crippen LogP contribution in [0.5, 0.6) is 0 Å². The van der Waals surface area contributed by atoms with Crippen LogP contribution in [0, 0.1) is 5.92 Å². The standard InChI is InChI=1S/C34H54N6O13/c1-18(2)9-5-3-8-12-20(37-17-34(52)29(46)27(44)23(41)16-53-34)14-25(43)38-21(15-24(35)42)31(48)40-26(28(45)30(36)47)32(49)39-22(33(50)51)13-19-10-6-4-7-11-19/h4,6-7,10-11,18,20-23,26-29,37,41,44-46,52H,3,5,8-9,12-17H2,1-2H3,(H2,35,42)(H2,36,47)(H,38,43)(H,39,49)(H,40,48)(H,50,51). The summed E-state index contributed by atoms with van der Waals surface area (Å²) in [6.45, 7) is 3.21. The van der Waals surface area contributed by atoms with Crippen LogP contribution in [0.15, 0.2) is 30.3 Å². The van der Waals surface area contributed by atoms with Crippen LogP contribution < -0.4 is 32.7 Å². The summed E-state index contributed by atoms with van der Waals surface area (Å²) in [4.78, 5) is 75.7. The summed E-state index contributed by atoms with van der Waals surface area (Å²) in [5.41, 5.74) is 11.0. The van der Waals surface area contributed by atoms with E-state index in [4.69, 9.17) is 16.2 Å². The second-order valence-corrected chi connectivity index (χ2v) is 13.7. The van der Waals surface area contributed by atoms with E-state index in [1.165, 1.54) is 0 Å². The van der Waals surface area contributed by atoms with Gasteiger partial charge >= 0.3 is 5.97 Å². The minimum absolute atomic E-state index is 0.201. The molecule has 0 aromatic heterocycles. The van der Waals surface area contributed by atoms with Crippen molar-refractivity contribution in [1.29, 1.82) is 0 Å². The molecular formula is C34H54N6O13. The largest absolute Gasteiger partial charge is 0.480 e. The molecule has 9 atom stereocenters. The molecule has 0 bridgehead atoms. The Balaban J connectivity index is 2.21. The SMILES string of the molecule is CC(C)CCCCCC(CC(=O)NC(CC(N)=O)C(=O)NC(C(=O)NC(Cc1ccccc1)C(=O)O)C(O)C(N)=O)NCC1(O)OCC(O)C(O)C1O. The zero-order valence-corrected chi connectivity index (χ0v) is 29.8. The maximum atomic E-state index is 13.4. The van der Waals surface area contributed by atoms with Crippen LogP contribution in [0.3, 0.4) is 0 Å². The second-order valence-electron chi connectivity index (χ2n) is 13.7. The molecule has 0 saturated carbocycles. The number of nitrogens with one attached hydrogen (secondary N) is 4. The van der Waals surface area contributed by atoms with Crippen LogP contribution in [-0.2, 0) is 39.9 Å². The van der Waals surface area contributed by atoms with Gasteiger partial charge in [-0.25, -0.2) is 4.79 Å². The number of aliphatic hydroxyl groups excluding tert-OH is 4. The van der Waals surface area contributed by atoms with Crippen molar-refractivity contribution in [2.45, 2.75) is 120 Å². The minimum Gasteiger partial charge on any atom is -0.480 e. The van der Waals surface area contributed by atoms with Gasteiger partial charge in [-0.05, 0) is 17.9 Å². The fourth-order valence-corrected chi connectivity index (χ4v) is 5.64. The third kappa shape index (κ3) is 15.0. The van der Waals surface area contributed by atoms with Gasteiger partial charge in [0.1, 0.15) is 36.4 Å².